The fraction of sp³-hybridized carbons (Fsp3) is 0.846. The van der Waals surface area contributed by atoms with Gasteiger partial charge in [0.15, 0.2) is 0 Å². The predicted molar refractivity (Wildman–Crippen MR) is 148 cm³/mol. The molecule has 0 aliphatic carbocycles. The Morgan fingerprint density at radius 3 is 1.31 bits per heavy atom. The van der Waals surface area contributed by atoms with Crippen LogP contribution in [0.4, 0.5) is 0 Å². The highest BCUT2D eigenvalue weighted by Gasteiger charge is 2.11. The van der Waals surface area contributed by atoms with Gasteiger partial charge in [0.05, 0.1) is 11.4 Å². The Kier molecular flexibility index (Phi) is 16.1. The lowest BCUT2D eigenvalue weighted by atomic mass is 10.3. The number of nitrogens with one attached hydrogen (secondary N) is 6. The smallest absolute Gasteiger partial charge is 0.0730 e. The molecule has 0 atom stereocenters. The summed E-state index contributed by atoms with van der Waals surface area (Å²) in [6.07, 6.45) is 8.55. The van der Waals surface area contributed by atoms with Crippen LogP contribution < -0.4 is 31.9 Å². The second-order valence-corrected chi connectivity index (χ2v) is 9.97. The summed E-state index contributed by atoms with van der Waals surface area (Å²) in [6.45, 7) is 18.6. The van der Waals surface area contributed by atoms with Gasteiger partial charge in [0.25, 0.3) is 0 Å². The van der Waals surface area contributed by atoms with Crippen molar-refractivity contribution in [2.75, 3.05) is 105 Å². The number of aromatic nitrogens is 2. The van der Waals surface area contributed by atoms with E-state index in [2.05, 4.69) is 46.7 Å². The largest absolute Gasteiger partial charge is 0.315 e. The average molecular weight is 505 g/mol. The summed E-state index contributed by atoms with van der Waals surface area (Å²) in [5, 5.41) is 21.3. The van der Waals surface area contributed by atoms with Gasteiger partial charge >= 0.3 is 0 Å². The van der Waals surface area contributed by atoms with Gasteiger partial charge in [0.2, 0.25) is 0 Å². The highest BCUT2D eigenvalue weighted by Crippen LogP contribution is 2.06. The maximum Gasteiger partial charge on any atom is 0.0730 e. The van der Waals surface area contributed by atoms with E-state index in [0.717, 1.165) is 142 Å². The molecule has 0 bridgehead atoms. The Hall–Kier alpha value is -1.24. The molecule has 206 valence electrons. The Bertz CT molecular complexity index is 582. The third kappa shape index (κ3) is 13.9. The molecule has 0 amide bonds. The zero-order valence-corrected chi connectivity index (χ0v) is 22.5. The summed E-state index contributed by atoms with van der Waals surface area (Å²) < 4.78 is 0. The molecule has 0 saturated carbocycles. The topological polar surface area (TPSA) is 104 Å². The van der Waals surface area contributed by atoms with Gasteiger partial charge in [-0.15, -0.1) is 0 Å². The molecular formula is C26H52N10. The third-order valence-corrected chi connectivity index (χ3v) is 6.74. The van der Waals surface area contributed by atoms with Gasteiger partial charge in [-0.1, -0.05) is 0 Å². The molecule has 1 aromatic rings. The number of hydrogen-bond donors (Lipinski definition) is 6. The molecule has 6 N–H and O–H groups in total. The minimum Gasteiger partial charge on any atom is -0.315 e. The van der Waals surface area contributed by atoms with Crippen LogP contribution >= 0.6 is 0 Å². The molecule has 1 aromatic heterocycles. The van der Waals surface area contributed by atoms with Gasteiger partial charge in [0.1, 0.15) is 0 Å². The van der Waals surface area contributed by atoms with E-state index in [1.807, 2.05) is 12.4 Å². The van der Waals surface area contributed by atoms with E-state index in [1.165, 1.54) is 12.8 Å². The molecule has 3 rings (SSSR count). The fourth-order valence-electron chi connectivity index (χ4n) is 4.71. The van der Waals surface area contributed by atoms with Crippen LogP contribution in [0.2, 0.25) is 0 Å². The van der Waals surface area contributed by atoms with Gasteiger partial charge in [-0.3, -0.25) is 19.8 Å². The lowest BCUT2D eigenvalue weighted by molar-refractivity contribution is 0.249. The SMILES string of the molecule is c1ncc(CN2CCCNCCNCCCNCC2)nc1CN1CCCNCCNCCCNCC1. The Morgan fingerprint density at radius 1 is 0.472 bits per heavy atom. The maximum atomic E-state index is 5.04. The standard InChI is InChI=1S/C26H52N10/c1-5-27-11-13-29-9-3-17-35(19-15-31-7-1)23-25-21-33-22-26(34-25)24-36-18-4-10-30-14-12-28-6-2-8-32-16-20-36/h21-22,27-32H,1-20,23-24H2. The minimum atomic E-state index is 0.865. The molecule has 2 saturated heterocycles. The van der Waals surface area contributed by atoms with Crippen LogP contribution in [-0.2, 0) is 13.1 Å². The summed E-state index contributed by atoms with van der Waals surface area (Å²) in [6, 6.07) is 0. The zero-order chi connectivity index (χ0) is 24.9. The predicted octanol–water partition coefficient (Wildman–Crippen LogP) is -0.794. The Balaban J connectivity index is 1.50. The van der Waals surface area contributed by atoms with Crippen molar-refractivity contribution >= 4 is 0 Å². The molecular weight excluding hydrogens is 452 g/mol. The Labute approximate surface area is 219 Å². The lowest BCUT2D eigenvalue weighted by Crippen LogP contribution is -2.37. The monoisotopic (exact) mass is 504 g/mol. The molecule has 3 heterocycles. The summed E-state index contributed by atoms with van der Waals surface area (Å²) in [5.41, 5.74) is 2.17. The molecule has 2 aliphatic rings. The molecule has 0 unspecified atom stereocenters. The summed E-state index contributed by atoms with van der Waals surface area (Å²) in [7, 11) is 0. The van der Waals surface area contributed by atoms with Crippen molar-refractivity contribution in [3.05, 3.63) is 23.8 Å². The van der Waals surface area contributed by atoms with Crippen LogP contribution in [-0.4, -0.2) is 124 Å². The van der Waals surface area contributed by atoms with Crippen molar-refractivity contribution in [2.24, 2.45) is 0 Å². The molecule has 10 nitrogen and oxygen atoms in total. The number of rotatable bonds is 4. The molecule has 2 fully saturated rings. The van der Waals surface area contributed by atoms with Crippen molar-refractivity contribution in [2.45, 2.75) is 38.8 Å². The minimum absolute atomic E-state index is 0.865. The van der Waals surface area contributed by atoms with Crippen molar-refractivity contribution in [3.63, 3.8) is 0 Å². The number of nitrogens with zero attached hydrogens (tertiary/aromatic N) is 4. The van der Waals surface area contributed by atoms with E-state index in [0.29, 0.717) is 0 Å². The second kappa shape index (κ2) is 19.8. The van der Waals surface area contributed by atoms with E-state index in [4.69, 9.17) is 4.98 Å². The third-order valence-electron chi connectivity index (χ3n) is 6.74. The maximum absolute atomic E-state index is 5.04. The van der Waals surface area contributed by atoms with Crippen molar-refractivity contribution in [1.82, 2.24) is 51.7 Å². The zero-order valence-electron chi connectivity index (χ0n) is 22.5. The van der Waals surface area contributed by atoms with E-state index >= 15 is 0 Å². The van der Waals surface area contributed by atoms with Gasteiger partial charge in [-0.2, -0.15) is 0 Å². The molecule has 10 heteroatoms. The Morgan fingerprint density at radius 2 is 0.861 bits per heavy atom. The van der Waals surface area contributed by atoms with Crippen LogP contribution in [0.15, 0.2) is 12.4 Å². The first-order chi connectivity index (χ1) is 17.9. The first-order valence-corrected chi connectivity index (χ1v) is 14.4. The first kappa shape index (κ1) is 29.3. The van der Waals surface area contributed by atoms with Gasteiger partial charge in [-0.05, 0) is 78.0 Å². The van der Waals surface area contributed by atoms with Crippen molar-refractivity contribution in [1.29, 1.82) is 0 Å². The van der Waals surface area contributed by atoms with Crippen LogP contribution in [0.25, 0.3) is 0 Å². The average Bonchev–Trinajstić information content (AvgIpc) is 2.88. The summed E-state index contributed by atoms with van der Waals surface area (Å²) >= 11 is 0. The van der Waals surface area contributed by atoms with Crippen LogP contribution in [0.1, 0.15) is 37.1 Å². The first-order valence-electron chi connectivity index (χ1n) is 14.4. The van der Waals surface area contributed by atoms with Crippen molar-refractivity contribution < 1.29 is 0 Å². The highest BCUT2D eigenvalue weighted by atomic mass is 15.2. The van der Waals surface area contributed by atoms with E-state index in [9.17, 15) is 0 Å². The van der Waals surface area contributed by atoms with E-state index in [1.54, 1.807) is 0 Å². The molecule has 0 spiro atoms. The van der Waals surface area contributed by atoms with Crippen LogP contribution in [0, 0.1) is 0 Å². The van der Waals surface area contributed by atoms with Gasteiger partial charge in [0, 0.05) is 77.8 Å². The quantitative estimate of drug-likeness (QED) is 0.313. The molecule has 0 radical (unpaired) electrons. The highest BCUT2D eigenvalue weighted by molar-refractivity contribution is 5.03. The van der Waals surface area contributed by atoms with Crippen molar-refractivity contribution in [3.8, 4) is 0 Å². The number of hydrogen-bond acceptors (Lipinski definition) is 10. The van der Waals surface area contributed by atoms with Gasteiger partial charge in [-0.25, -0.2) is 0 Å². The summed E-state index contributed by atoms with van der Waals surface area (Å²) in [4.78, 5) is 14.7. The van der Waals surface area contributed by atoms with Crippen LogP contribution in [0.3, 0.4) is 0 Å². The second-order valence-electron chi connectivity index (χ2n) is 9.97. The lowest BCUT2D eigenvalue weighted by Gasteiger charge is -2.24. The molecule has 36 heavy (non-hydrogen) atoms. The van der Waals surface area contributed by atoms with Gasteiger partial charge < -0.3 is 31.9 Å². The fourth-order valence-corrected chi connectivity index (χ4v) is 4.71. The van der Waals surface area contributed by atoms with E-state index in [-0.39, 0.29) is 0 Å². The van der Waals surface area contributed by atoms with E-state index < -0.39 is 0 Å². The normalized spacial score (nSPS) is 22.9. The summed E-state index contributed by atoms with van der Waals surface area (Å²) in [5.74, 6) is 0. The van der Waals surface area contributed by atoms with Crippen LogP contribution in [0.5, 0.6) is 0 Å². The molecule has 2 aliphatic heterocycles. The molecule has 0 aromatic carbocycles.